The lowest BCUT2D eigenvalue weighted by atomic mass is 10.1. The van der Waals surface area contributed by atoms with Gasteiger partial charge in [0, 0.05) is 17.3 Å². The Balaban J connectivity index is 2.27. The van der Waals surface area contributed by atoms with Crippen LogP contribution in [0.15, 0.2) is 42.5 Å². The molecule has 1 amide bonds. The molecule has 3 N–H and O–H groups in total. The standard InChI is InChI=1S/C15H13F3N2O2/c1-22-13-8-11(19)5-6-12(13)20-14(21)9-3-2-4-10(7-9)15(16,17)18/h2-8H,19H2,1H3,(H,20,21). The van der Waals surface area contributed by atoms with Gasteiger partial charge in [0.25, 0.3) is 5.91 Å². The van der Waals surface area contributed by atoms with Crippen LogP contribution in [0.4, 0.5) is 24.5 Å². The van der Waals surface area contributed by atoms with E-state index in [1.165, 1.54) is 31.4 Å². The molecular weight excluding hydrogens is 297 g/mol. The predicted octanol–water partition coefficient (Wildman–Crippen LogP) is 3.55. The highest BCUT2D eigenvalue weighted by atomic mass is 19.4. The molecule has 0 heterocycles. The minimum atomic E-state index is -4.50. The van der Waals surface area contributed by atoms with E-state index in [0.29, 0.717) is 17.1 Å². The first-order chi connectivity index (χ1) is 10.3. The number of carbonyl (C=O) groups is 1. The monoisotopic (exact) mass is 310 g/mol. The molecule has 0 aliphatic carbocycles. The maximum Gasteiger partial charge on any atom is 0.416 e. The van der Waals surface area contributed by atoms with E-state index in [0.717, 1.165) is 12.1 Å². The van der Waals surface area contributed by atoms with E-state index in [1.54, 1.807) is 6.07 Å². The summed E-state index contributed by atoms with van der Waals surface area (Å²) in [5.41, 5.74) is 5.36. The number of hydrogen-bond donors (Lipinski definition) is 2. The fourth-order valence-electron chi connectivity index (χ4n) is 1.84. The Morgan fingerprint density at radius 2 is 1.91 bits per heavy atom. The van der Waals surface area contributed by atoms with Gasteiger partial charge < -0.3 is 15.8 Å². The number of rotatable bonds is 3. The summed E-state index contributed by atoms with van der Waals surface area (Å²) in [7, 11) is 1.40. The molecule has 0 fully saturated rings. The average Bonchev–Trinajstić information content (AvgIpc) is 2.48. The van der Waals surface area contributed by atoms with Crippen LogP contribution in [0.1, 0.15) is 15.9 Å². The Morgan fingerprint density at radius 1 is 1.18 bits per heavy atom. The lowest BCUT2D eigenvalue weighted by Crippen LogP contribution is -2.14. The van der Waals surface area contributed by atoms with Gasteiger partial charge in [0.15, 0.2) is 0 Å². The highest BCUT2D eigenvalue weighted by Crippen LogP contribution is 2.30. The molecule has 0 atom stereocenters. The van der Waals surface area contributed by atoms with Gasteiger partial charge in [-0.3, -0.25) is 4.79 Å². The number of ether oxygens (including phenoxy) is 1. The summed E-state index contributed by atoms with van der Waals surface area (Å²) in [5.74, 6) is -0.352. The van der Waals surface area contributed by atoms with Crippen molar-refractivity contribution in [3.05, 3.63) is 53.6 Å². The summed E-state index contributed by atoms with van der Waals surface area (Å²) < 4.78 is 43.0. The van der Waals surface area contributed by atoms with Crippen molar-refractivity contribution in [1.82, 2.24) is 0 Å². The van der Waals surface area contributed by atoms with Gasteiger partial charge in [0.05, 0.1) is 18.4 Å². The van der Waals surface area contributed by atoms with E-state index in [9.17, 15) is 18.0 Å². The molecule has 0 aliphatic heterocycles. The minimum Gasteiger partial charge on any atom is -0.494 e. The number of nitrogens with one attached hydrogen (secondary N) is 1. The van der Waals surface area contributed by atoms with Crippen molar-refractivity contribution < 1.29 is 22.7 Å². The molecule has 0 aliphatic rings. The zero-order chi connectivity index (χ0) is 16.3. The molecule has 0 unspecified atom stereocenters. The molecule has 0 saturated carbocycles. The molecule has 4 nitrogen and oxygen atoms in total. The Labute approximate surface area is 124 Å². The number of halogens is 3. The summed E-state index contributed by atoms with van der Waals surface area (Å²) in [4.78, 5) is 12.1. The number of anilines is 2. The molecule has 2 aromatic rings. The van der Waals surface area contributed by atoms with Crippen LogP contribution in [0, 0.1) is 0 Å². The normalized spacial score (nSPS) is 11.1. The van der Waals surface area contributed by atoms with Crippen LogP contribution in [-0.2, 0) is 6.18 Å². The number of hydrogen-bond acceptors (Lipinski definition) is 3. The largest absolute Gasteiger partial charge is 0.494 e. The molecule has 0 spiro atoms. The van der Waals surface area contributed by atoms with Crippen LogP contribution in [-0.4, -0.2) is 13.0 Å². The van der Waals surface area contributed by atoms with E-state index in [-0.39, 0.29) is 5.56 Å². The second-order valence-electron chi connectivity index (χ2n) is 4.49. The fraction of sp³-hybridized carbons (Fsp3) is 0.133. The van der Waals surface area contributed by atoms with Crippen molar-refractivity contribution in [3.8, 4) is 5.75 Å². The number of amides is 1. The molecule has 22 heavy (non-hydrogen) atoms. The van der Waals surface area contributed by atoms with Gasteiger partial charge in [-0.1, -0.05) is 6.07 Å². The highest BCUT2D eigenvalue weighted by molar-refractivity contribution is 6.05. The Kier molecular flexibility index (Phi) is 4.25. The van der Waals surface area contributed by atoms with Crippen LogP contribution in [0.3, 0.4) is 0 Å². The first-order valence-electron chi connectivity index (χ1n) is 6.23. The van der Waals surface area contributed by atoms with Crippen LogP contribution in [0.2, 0.25) is 0 Å². The molecule has 2 aromatic carbocycles. The SMILES string of the molecule is COc1cc(N)ccc1NC(=O)c1cccc(C(F)(F)F)c1. The number of benzene rings is 2. The minimum absolute atomic E-state index is 0.103. The van der Waals surface area contributed by atoms with Crippen molar-refractivity contribution in [2.45, 2.75) is 6.18 Å². The average molecular weight is 310 g/mol. The highest BCUT2D eigenvalue weighted by Gasteiger charge is 2.30. The van der Waals surface area contributed by atoms with E-state index in [1.807, 2.05) is 0 Å². The van der Waals surface area contributed by atoms with Gasteiger partial charge in [0.1, 0.15) is 5.75 Å². The number of nitrogens with two attached hydrogens (primary N) is 1. The van der Waals surface area contributed by atoms with Gasteiger partial charge in [0.2, 0.25) is 0 Å². The third kappa shape index (κ3) is 3.49. The summed E-state index contributed by atoms with van der Waals surface area (Å²) in [5, 5.41) is 2.50. The maximum absolute atomic E-state index is 12.7. The molecule has 2 rings (SSSR count). The quantitative estimate of drug-likeness (QED) is 0.852. The lowest BCUT2D eigenvalue weighted by Gasteiger charge is -2.12. The van der Waals surface area contributed by atoms with Crippen LogP contribution in [0.25, 0.3) is 0 Å². The van der Waals surface area contributed by atoms with Crippen molar-refractivity contribution in [2.24, 2.45) is 0 Å². The third-order valence-electron chi connectivity index (χ3n) is 2.93. The number of alkyl halides is 3. The van der Waals surface area contributed by atoms with E-state index in [4.69, 9.17) is 10.5 Å². The number of nitrogen functional groups attached to an aromatic ring is 1. The van der Waals surface area contributed by atoms with Crippen molar-refractivity contribution >= 4 is 17.3 Å². The summed E-state index contributed by atoms with van der Waals surface area (Å²) in [6.07, 6.45) is -4.50. The molecule has 0 bridgehead atoms. The lowest BCUT2D eigenvalue weighted by molar-refractivity contribution is -0.137. The Hall–Kier alpha value is -2.70. The zero-order valence-corrected chi connectivity index (χ0v) is 11.6. The topological polar surface area (TPSA) is 64.3 Å². The van der Waals surface area contributed by atoms with Crippen molar-refractivity contribution in [2.75, 3.05) is 18.2 Å². The summed E-state index contributed by atoms with van der Waals surface area (Å²) in [6.45, 7) is 0. The Morgan fingerprint density at radius 3 is 2.55 bits per heavy atom. The van der Waals surface area contributed by atoms with E-state index < -0.39 is 17.6 Å². The van der Waals surface area contributed by atoms with Gasteiger partial charge in [-0.15, -0.1) is 0 Å². The van der Waals surface area contributed by atoms with Crippen molar-refractivity contribution in [3.63, 3.8) is 0 Å². The fourth-order valence-corrected chi connectivity index (χ4v) is 1.84. The maximum atomic E-state index is 12.7. The van der Waals surface area contributed by atoms with E-state index in [2.05, 4.69) is 5.32 Å². The Bertz CT molecular complexity index is 699. The first-order valence-corrected chi connectivity index (χ1v) is 6.23. The molecular formula is C15H13F3N2O2. The van der Waals surface area contributed by atoms with Gasteiger partial charge in [-0.05, 0) is 30.3 Å². The number of carbonyl (C=O) groups excluding carboxylic acids is 1. The summed E-state index contributed by atoms with van der Waals surface area (Å²) in [6, 6.07) is 8.73. The number of methoxy groups -OCH3 is 1. The zero-order valence-electron chi connectivity index (χ0n) is 11.6. The van der Waals surface area contributed by atoms with E-state index >= 15 is 0 Å². The van der Waals surface area contributed by atoms with Crippen LogP contribution < -0.4 is 15.8 Å². The van der Waals surface area contributed by atoms with Gasteiger partial charge >= 0.3 is 6.18 Å². The molecule has 0 radical (unpaired) electrons. The third-order valence-corrected chi connectivity index (χ3v) is 2.93. The van der Waals surface area contributed by atoms with Crippen LogP contribution >= 0.6 is 0 Å². The van der Waals surface area contributed by atoms with Gasteiger partial charge in [-0.25, -0.2) is 0 Å². The molecule has 116 valence electrons. The molecule has 0 aromatic heterocycles. The molecule has 7 heteroatoms. The first kappa shape index (κ1) is 15.7. The summed E-state index contributed by atoms with van der Waals surface area (Å²) >= 11 is 0. The van der Waals surface area contributed by atoms with Crippen LogP contribution in [0.5, 0.6) is 5.75 Å². The second-order valence-corrected chi connectivity index (χ2v) is 4.49. The van der Waals surface area contributed by atoms with Crippen molar-refractivity contribution in [1.29, 1.82) is 0 Å². The second kappa shape index (κ2) is 5.97. The predicted molar refractivity (Wildman–Crippen MR) is 76.8 cm³/mol. The van der Waals surface area contributed by atoms with Gasteiger partial charge in [-0.2, -0.15) is 13.2 Å². The molecule has 0 saturated heterocycles. The smallest absolute Gasteiger partial charge is 0.416 e.